The lowest BCUT2D eigenvalue weighted by atomic mass is 10.0. The molecular weight excluding hydrogens is 685 g/mol. The van der Waals surface area contributed by atoms with Gasteiger partial charge in [0.1, 0.15) is 13.2 Å². The molecule has 0 rings (SSSR count). The first-order chi connectivity index (χ1) is 26.7. The van der Waals surface area contributed by atoms with Gasteiger partial charge in [0.2, 0.25) is 0 Å². The minimum atomic E-state index is -0.760. The van der Waals surface area contributed by atoms with E-state index in [0.29, 0.717) is 19.3 Å². The molecule has 0 aromatic heterocycles. The molecule has 0 unspecified atom stereocenters. The molecule has 0 spiro atoms. The van der Waals surface area contributed by atoms with Crippen molar-refractivity contribution in [2.75, 3.05) is 13.2 Å². The molecular formula is C49H94O6. The number of carbonyl (C=O) groups excluding carboxylic acids is 3. The molecule has 0 aromatic rings. The Bertz CT molecular complexity index is 839. The minimum absolute atomic E-state index is 0.0645. The molecule has 0 aromatic carbocycles. The molecule has 0 heterocycles. The van der Waals surface area contributed by atoms with Crippen LogP contribution in [-0.4, -0.2) is 37.2 Å². The summed E-state index contributed by atoms with van der Waals surface area (Å²) in [6.45, 7) is 11.3. The molecule has 6 nitrogen and oxygen atoms in total. The van der Waals surface area contributed by atoms with Crippen molar-refractivity contribution in [3.8, 4) is 0 Å². The fraction of sp³-hybridized carbons (Fsp3) is 0.939. The van der Waals surface area contributed by atoms with Gasteiger partial charge in [-0.2, -0.15) is 0 Å². The highest BCUT2D eigenvalue weighted by atomic mass is 16.6. The Balaban J connectivity index is 4.30. The third-order valence-electron chi connectivity index (χ3n) is 11.0. The summed E-state index contributed by atoms with van der Waals surface area (Å²) in [7, 11) is 0. The van der Waals surface area contributed by atoms with Gasteiger partial charge in [0.25, 0.3) is 0 Å². The average Bonchev–Trinajstić information content (AvgIpc) is 3.15. The lowest BCUT2D eigenvalue weighted by Crippen LogP contribution is -2.30. The Kier molecular flexibility index (Phi) is 40.8. The lowest BCUT2D eigenvalue weighted by Gasteiger charge is -2.18. The van der Waals surface area contributed by atoms with Crippen LogP contribution in [0.3, 0.4) is 0 Å². The standard InChI is InChI=1S/C49H94O6/c1-6-7-8-9-10-17-24-29-34-39-47(50)53-42-46(43-54-48(51)40-35-30-25-20-16-15-19-23-28-33-38-45(4)5)55-49(52)41-36-31-26-21-14-12-11-13-18-22-27-32-37-44(2)3/h44-46H,6-43H2,1-5H3/t46-/m0/s1. The maximum absolute atomic E-state index is 12.7. The largest absolute Gasteiger partial charge is 0.462 e. The van der Waals surface area contributed by atoms with E-state index < -0.39 is 6.10 Å². The molecule has 55 heavy (non-hydrogen) atoms. The third-order valence-corrected chi connectivity index (χ3v) is 11.0. The van der Waals surface area contributed by atoms with Crippen LogP contribution in [0.5, 0.6) is 0 Å². The quantitative estimate of drug-likeness (QED) is 0.0348. The van der Waals surface area contributed by atoms with Crippen LogP contribution in [0.25, 0.3) is 0 Å². The van der Waals surface area contributed by atoms with E-state index in [4.69, 9.17) is 14.2 Å². The Labute approximate surface area is 342 Å². The minimum Gasteiger partial charge on any atom is -0.462 e. The van der Waals surface area contributed by atoms with Gasteiger partial charge in [0, 0.05) is 19.3 Å². The average molecular weight is 779 g/mol. The van der Waals surface area contributed by atoms with Crippen molar-refractivity contribution in [1.82, 2.24) is 0 Å². The van der Waals surface area contributed by atoms with Crippen LogP contribution in [0.4, 0.5) is 0 Å². The zero-order chi connectivity index (χ0) is 40.5. The number of ether oxygens (including phenoxy) is 3. The molecule has 0 radical (unpaired) electrons. The van der Waals surface area contributed by atoms with Gasteiger partial charge in [-0.05, 0) is 31.1 Å². The van der Waals surface area contributed by atoms with E-state index in [2.05, 4.69) is 34.6 Å². The molecule has 0 aliphatic carbocycles. The topological polar surface area (TPSA) is 78.9 Å². The summed E-state index contributed by atoms with van der Waals surface area (Å²) < 4.78 is 16.7. The second-order valence-electron chi connectivity index (χ2n) is 17.7. The van der Waals surface area contributed by atoms with Crippen molar-refractivity contribution in [3.05, 3.63) is 0 Å². The monoisotopic (exact) mass is 779 g/mol. The van der Waals surface area contributed by atoms with E-state index in [-0.39, 0.29) is 31.1 Å². The van der Waals surface area contributed by atoms with Crippen LogP contribution >= 0.6 is 0 Å². The van der Waals surface area contributed by atoms with Gasteiger partial charge in [-0.25, -0.2) is 0 Å². The first-order valence-corrected chi connectivity index (χ1v) is 24.2. The molecule has 0 aliphatic rings. The second-order valence-corrected chi connectivity index (χ2v) is 17.7. The summed E-state index contributed by atoms with van der Waals surface area (Å²) in [5.41, 5.74) is 0. The van der Waals surface area contributed by atoms with Crippen LogP contribution in [0.15, 0.2) is 0 Å². The molecule has 326 valence electrons. The van der Waals surface area contributed by atoms with Gasteiger partial charge in [-0.3, -0.25) is 14.4 Å². The van der Waals surface area contributed by atoms with Crippen LogP contribution in [-0.2, 0) is 28.6 Å². The normalized spacial score (nSPS) is 12.1. The predicted octanol–water partition coefficient (Wildman–Crippen LogP) is 15.4. The summed E-state index contributed by atoms with van der Waals surface area (Å²) in [4.78, 5) is 37.8. The van der Waals surface area contributed by atoms with Crippen molar-refractivity contribution in [2.45, 2.75) is 272 Å². The van der Waals surface area contributed by atoms with Gasteiger partial charge in [0.05, 0.1) is 0 Å². The number of carbonyl (C=O) groups is 3. The summed E-state index contributed by atoms with van der Waals surface area (Å²) in [5, 5.41) is 0. The Hall–Kier alpha value is -1.59. The summed E-state index contributed by atoms with van der Waals surface area (Å²) in [5.74, 6) is 0.795. The molecule has 0 fully saturated rings. The highest BCUT2D eigenvalue weighted by molar-refractivity contribution is 5.71. The summed E-state index contributed by atoms with van der Waals surface area (Å²) in [6, 6.07) is 0. The molecule has 0 N–H and O–H groups in total. The molecule has 0 saturated carbocycles. The first kappa shape index (κ1) is 53.4. The van der Waals surface area contributed by atoms with Crippen molar-refractivity contribution in [3.63, 3.8) is 0 Å². The van der Waals surface area contributed by atoms with Crippen molar-refractivity contribution >= 4 is 17.9 Å². The zero-order valence-electron chi connectivity index (χ0n) is 37.6. The lowest BCUT2D eigenvalue weighted by molar-refractivity contribution is -0.167. The van der Waals surface area contributed by atoms with Crippen molar-refractivity contribution in [2.24, 2.45) is 11.8 Å². The molecule has 1 atom stereocenters. The third kappa shape index (κ3) is 43.4. The van der Waals surface area contributed by atoms with E-state index in [9.17, 15) is 14.4 Å². The molecule has 6 heteroatoms. The predicted molar refractivity (Wildman–Crippen MR) is 233 cm³/mol. The van der Waals surface area contributed by atoms with Gasteiger partial charge in [-0.1, -0.05) is 227 Å². The number of hydrogen-bond donors (Lipinski definition) is 0. The fourth-order valence-electron chi connectivity index (χ4n) is 7.28. The molecule has 0 saturated heterocycles. The van der Waals surface area contributed by atoms with Gasteiger partial charge >= 0.3 is 17.9 Å². The molecule has 0 bridgehead atoms. The van der Waals surface area contributed by atoms with Gasteiger partial charge < -0.3 is 14.2 Å². The highest BCUT2D eigenvalue weighted by Gasteiger charge is 2.19. The second kappa shape index (κ2) is 42.0. The number of rotatable bonds is 43. The van der Waals surface area contributed by atoms with E-state index in [1.807, 2.05) is 0 Å². The van der Waals surface area contributed by atoms with Gasteiger partial charge in [-0.15, -0.1) is 0 Å². The highest BCUT2D eigenvalue weighted by Crippen LogP contribution is 2.17. The van der Waals surface area contributed by atoms with E-state index in [1.54, 1.807) is 0 Å². The Morgan fingerprint density at radius 2 is 0.600 bits per heavy atom. The van der Waals surface area contributed by atoms with E-state index in [1.165, 1.54) is 154 Å². The summed E-state index contributed by atoms with van der Waals surface area (Å²) >= 11 is 0. The first-order valence-electron chi connectivity index (χ1n) is 24.2. The number of unbranched alkanes of at least 4 members (excludes halogenated alkanes) is 28. The SMILES string of the molecule is CCCCCCCCCCCC(=O)OC[C@@H](COC(=O)CCCCCCCCCCCCC(C)C)OC(=O)CCCCCCCCCCCCCCC(C)C. The van der Waals surface area contributed by atoms with E-state index >= 15 is 0 Å². The fourth-order valence-corrected chi connectivity index (χ4v) is 7.28. The van der Waals surface area contributed by atoms with Crippen molar-refractivity contribution in [1.29, 1.82) is 0 Å². The summed E-state index contributed by atoms with van der Waals surface area (Å²) in [6.07, 6.45) is 40.9. The molecule has 0 aliphatic heterocycles. The maximum atomic E-state index is 12.7. The van der Waals surface area contributed by atoms with Crippen molar-refractivity contribution < 1.29 is 28.6 Å². The Morgan fingerprint density at radius 1 is 0.345 bits per heavy atom. The number of hydrogen-bond acceptors (Lipinski definition) is 6. The van der Waals surface area contributed by atoms with Crippen LogP contribution in [0, 0.1) is 11.8 Å². The maximum Gasteiger partial charge on any atom is 0.306 e. The number of esters is 3. The van der Waals surface area contributed by atoms with Crippen LogP contribution < -0.4 is 0 Å². The molecule has 0 amide bonds. The van der Waals surface area contributed by atoms with E-state index in [0.717, 1.165) is 69.6 Å². The Morgan fingerprint density at radius 3 is 0.891 bits per heavy atom. The van der Waals surface area contributed by atoms with Crippen LogP contribution in [0.2, 0.25) is 0 Å². The smallest absolute Gasteiger partial charge is 0.306 e. The van der Waals surface area contributed by atoms with Gasteiger partial charge in [0.15, 0.2) is 6.10 Å². The zero-order valence-corrected chi connectivity index (χ0v) is 37.6. The van der Waals surface area contributed by atoms with Crippen LogP contribution in [0.1, 0.15) is 266 Å².